The molecule has 1 aromatic heterocycles. The van der Waals surface area contributed by atoms with Crippen molar-refractivity contribution in [1.29, 1.82) is 0 Å². The summed E-state index contributed by atoms with van der Waals surface area (Å²) in [4.78, 5) is 11.9. The van der Waals surface area contributed by atoms with Gasteiger partial charge in [0.2, 0.25) is 11.0 Å². The fourth-order valence-electron chi connectivity index (χ4n) is 1.89. The molecule has 0 radical (unpaired) electrons. The zero-order chi connectivity index (χ0) is 17.7. The van der Waals surface area contributed by atoms with Gasteiger partial charge in [0.1, 0.15) is 6.54 Å². The standard InChI is InChI=1S/C14H15F3N4OS2/c1-8-3-9(2)5-10(4-8)19-11(22)6-23-13-21-20-12(24-13)18-7-14(15,16)17/h3-5H,6-7H2,1-2H3,(H,18,20)(H,19,22). The molecule has 0 atom stereocenters. The Balaban J connectivity index is 1.82. The Bertz CT molecular complexity index is 698. The molecule has 0 saturated carbocycles. The SMILES string of the molecule is Cc1cc(C)cc(NC(=O)CSc2nnc(NCC(F)(F)F)s2)c1. The zero-order valence-corrected chi connectivity index (χ0v) is 14.5. The largest absolute Gasteiger partial charge is 0.405 e. The van der Waals surface area contributed by atoms with E-state index in [9.17, 15) is 18.0 Å². The van der Waals surface area contributed by atoms with Crippen LogP contribution in [0.25, 0.3) is 0 Å². The molecule has 0 aliphatic rings. The summed E-state index contributed by atoms with van der Waals surface area (Å²) in [6.07, 6.45) is -4.31. The maximum absolute atomic E-state index is 12.1. The highest BCUT2D eigenvalue weighted by Crippen LogP contribution is 2.26. The van der Waals surface area contributed by atoms with E-state index in [2.05, 4.69) is 20.8 Å². The quantitative estimate of drug-likeness (QED) is 0.750. The lowest BCUT2D eigenvalue weighted by molar-refractivity contribution is -0.115. The van der Waals surface area contributed by atoms with Gasteiger partial charge >= 0.3 is 6.18 Å². The summed E-state index contributed by atoms with van der Waals surface area (Å²) in [5.74, 6) is -0.119. The van der Waals surface area contributed by atoms with E-state index in [4.69, 9.17) is 0 Å². The molecule has 0 saturated heterocycles. The van der Waals surface area contributed by atoms with Gasteiger partial charge in [-0.2, -0.15) is 13.2 Å². The van der Waals surface area contributed by atoms with Gasteiger partial charge in [-0.1, -0.05) is 29.2 Å². The van der Waals surface area contributed by atoms with Crippen LogP contribution in [0.1, 0.15) is 11.1 Å². The second-order valence-electron chi connectivity index (χ2n) is 5.06. The number of carbonyl (C=O) groups is 1. The Morgan fingerprint density at radius 2 is 1.88 bits per heavy atom. The minimum atomic E-state index is -4.31. The average Bonchev–Trinajstić information content (AvgIpc) is 2.89. The number of halogens is 3. The summed E-state index contributed by atoms with van der Waals surface area (Å²) in [5, 5.41) is 12.4. The topological polar surface area (TPSA) is 66.9 Å². The van der Waals surface area contributed by atoms with Gasteiger partial charge in [0.05, 0.1) is 5.75 Å². The summed E-state index contributed by atoms with van der Waals surface area (Å²) in [5.41, 5.74) is 2.80. The normalized spacial score (nSPS) is 11.4. The van der Waals surface area contributed by atoms with E-state index in [0.29, 0.717) is 10.0 Å². The number of aryl methyl sites for hydroxylation is 2. The molecule has 2 aromatic rings. The van der Waals surface area contributed by atoms with Crippen LogP contribution in [0.5, 0.6) is 0 Å². The lowest BCUT2D eigenvalue weighted by atomic mass is 10.1. The number of rotatable bonds is 6. The van der Waals surface area contributed by atoms with Crippen molar-refractivity contribution in [2.75, 3.05) is 22.9 Å². The molecule has 0 unspecified atom stereocenters. The number of hydrogen-bond donors (Lipinski definition) is 2. The minimum absolute atomic E-state index is 0.0737. The van der Waals surface area contributed by atoms with Crippen molar-refractivity contribution in [3.63, 3.8) is 0 Å². The summed E-state index contributed by atoms with van der Waals surface area (Å²) >= 11 is 2.10. The number of aromatic nitrogens is 2. The van der Waals surface area contributed by atoms with E-state index in [0.717, 1.165) is 34.2 Å². The molecule has 24 heavy (non-hydrogen) atoms. The lowest BCUT2D eigenvalue weighted by Crippen LogP contribution is -2.21. The smallest absolute Gasteiger partial charge is 0.351 e. The highest BCUT2D eigenvalue weighted by molar-refractivity contribution is 8.01. The first kappa shape index (κ1) is 18.5. The maximum atomic E-state index is 12.1. The molecule has 130 valence electrons. The third-order valence-corrected chi connectivity index (χ3v) is 4.69. The molecule has 10 heteroatoms. The van der Waals surface area contributed by atoms with Crippen LogP contribution in [0.15, 0.2) is 22.5 Å². The van der Waals surface area contributed by atoms with E-state index < -0.39 is 12.7 Å². The summed E-state index contributed by atoms with van der Waals surface area (Å²) in [7, 11) is 0. The van der Waals surface area contributed by atoms with Gasteiger partial charge < -0.3 is 10.6 Å². The number of anilines is 2. The van der Waals surface area contributed by atoms with Crippen molar-refractivity contribution in [3.8, 4) is 0 Å². The third kappa shape index (κ3) is 6.36. The summed E-state index contributed by atoms with van der Waals surface area (Å²) in [6, 6.07) is 5.72. The van der Waals surface area contributed by atoms with Crippen LogP contribution in [0.2, 0.25) is 0 Å². The van der Waals surface area contributed by atoms with Crippen LogP contribution in [-0.4, -0.2) is 34.6 Å². The molecule has 1 heterocycles. The Hall–Kier alpha value is -1.81. The predicted octanol–water partition coefficient (Wildman–Crippen LogP) is 3.86. The Kier molecular flexibility index (Phi) is 6.05. The number of benzene rings is 1. The fourth-order valence-corrected chi connectivity index (χ4v) is 3.43. The highest BCUT2D eigenvalue weighted by Gasteiger charge is 2.27. The van der Waals surface area contributed by atoms with Crippen molar-refractivity contribution < 1.29 is 18.0 Å². The molecule has 0 aliphatic carbocycles. The average molecular weight is 376 g/mol. The van der Waals surface area contributed by atoms with Gasteiger partial charge in [-0.15, -0.1) is 10.2 Å². The Labute approximate surface area is 145 Å². The maximum Gasteiger partial charge on any atom is 0.405 e. The first-order valence-corrected chi connectivity index (χ1v) is 8.66. The monoisotopic (exact) mass is 376 g/mol. The van der Waals surface area contributed by atoms with Gasteiger partial charge in [-0.05, 0) is 37.1 Å². The fraction of sp³-hybridized carbons (Fsp3) is 0.357. The molecule has 0 aliphatic heterocycles. The lowest BCUT2D eigenvalue weighted by Gasteiger charge is -2.06. The van der Waals surface area contributed by atoms with Crippen molar-refractivity contribution in [1.82, 2.24) is 10.2 Å². The van der Waals surface area contributed by atoms with E-state index in [1.54, 1.807) is 0 Å². The van der Waals surface area contributed by atoms with Crippen LogP contribution < -0.4 is 10.6 Å². The highest BCUT2D eigenvalue weighted by atomic mass is 32.2. The second kappa shape index (κ2) is 7.84. The molecule has 0 fully saturated rings. The number of nitrogens with zero attached hydrogens (tertiary/aromatic N) is 2. The molecule has 2 rings (SSSR count). The van der Waals surface area contributed by atoms with Gasteiger partial charge in [-0.3, -0.25) is 4.79 Å². The number of nitrogens with one attached hydrogen (secondary N) is 2. The van der Waals surface area contributed by atoms with Crippen molar-refractivity contribution in [2.24, 2.45) is 0 Å². The van der Waals surface area contributed by atoms with Crippen LogP contribution >= 0.6 is 23.1 Å². The molecular weight excluding hydrogens is 361 g/mol. The number of carbonyl (C=O) groups excluding carboxylic acids is 1. The number of alkyl halides is 3. The zero-order valence-electron chi connectivity index (χ0n) is 12.9. The third-order valence-electron chi connectivity index (χ3n) is 2.68. The van der Waals surface area contributed by atoms with Crippen LogP contribution in [0, 0.1) is 13.8 Å². The van der Waals surface area contributed by atoms with Crippen molar-refractivity contribution >= 4 is 39.8 Å². The van der Waals surface area contributed by atoms with E-state index in [1.165, 1.54) is 0 Å². The van der Waals surface area contributed by atoms with E-state index >= 15 is 0 Å². The summed E-state index contributed by atoms with van der Waals surface area (Å²) in [6.45, 7) is 2.71. The van der Waals surface area contributed by atoms with Crippen molar-refractivity contribution in [2.45, 2.75) is 24.4 Å². The minimum Gasteiger partial charge on any atom is -0.351 e. The molecule has 5 nitrogen and oxygen atoms in total. The molecule has 0 spiro atoms. The van der Waals surface area contributed by atoms with E-state index in [-0.39, 0.29) is 16.8 Å². The number of hydrogen-bond acceptors (Lipinski definition) is 6. The van der Waals surface area contributed by atoms with E-state index in [1.807, 2.05) is 32.0 Å². The molecule has 1 aromatic carbocycles. The number of thioether (sulfide) groups is 1. The molecule has 2 N–H and O–H groups in total. The van der Waals surface area contributed by atoms with Crippen LogP contribution in [-0.2, 0) is 4.79 Å². The first-order chi connectivity index (χ1) is 11.2. The van der Waals surface area contributed by atoms with Crippen LogP contribution in [0.4, 0.5) is 24.0 Å². The Morgan fingerprint density at radius 1 is 1.21 bits per heavy atom. The van der Waals surface area contributed by atoms with Gasteiger partial charge in [0, 0.05) is 5.69 Å². The van der Waals surface area contributed by atoms with Crippen LogP contribution in [0.3, 0.4) is 0 Å². The first-order valence-electron chi connectivity index (χ1n) is 6.86. The van der Waals surface area contributed by atoms with Gasteiger partial charge in [-0.25, -0.2) is 0 Å². The molecule has 0 bridgehead atoms. The number of amides is 1. The van der Waals surface area contributed by atoms with Gasteiger partial charge in [0.15, 0.2) is 4.34 Å². The van der Waals surface area contributed by atoms with Crippen molar-refractivity contribution in [3.05, 3.63) is 29.3 Å². The molecule has 1 amide bonds. The predicted molar refractivity (Wildman–Crippen MR) is 89.7 cm³/mol. The Morgan fingerprint density at radius 3 is 2.50 bits per heavy atom. The summed E-state index contributed by atoms with van der Waals surface area (Å²) < 4.78 is 36.7. The second-order valence-corrected chi connectivity index (χ2v) is 7.26. The van der Waals surface area contributed by atoms with Gasteiger partial charge in [0.25, 0.3) is 0 Å². The molecular formula is C14H15F3N4OS2.